The number of piperidine rings is 1. The summed E-state index contributed by atoms with van der Waals surface area (Å²) < 4.78 is 1.43. The van der Waals surface area contributed by atoms with E-state index in [-0.39, 0.29) is 23.1 Å². The SMILES string of the molecule is CC(C)C1CCCCN1C(=O)c1cnc2ccccn2c1=O. The molecule has 3 heterocycles. The average molecular weight is 299 g/mol. The Bertz CT molecular complexity index is 751. The first kappa shape index (κ1) is 14.8. The Morgan fingerprint density at radius 3 is 2.91 bits per heavy atom. The molecule has 2 aromatic rings. The van der Waals surface area contributed by atoms with Gasteiger partial charge in [-0.25, -0.2) is 4.98 Å². The number of carbonyl (C=O) groups excluding carboxylic acids is 1. The van der Waals surface area contributed by atoms with Gasteiger partial charge in [0.05, 0.1) is 0 Å². The zero-order valence-electron chi connectivity index (χ0n) is 13.0. The summed E-state index contributed by atoms with van der Waals surface area (Å²) in [5.41, 5.74) is 0.433. The predicted molar refractivity (Wildman–Crippen MR) is 85.0 cm³/mol. The maximum Gasteiger partial charge on any atom is 0.270 e. The van der Waals surface area contributed by atoms with Crippen LogP contribution in [0, 0.1) is 5.92 Å². The zero-order valence-corrected chi connectivity index (χ0v) is 13.0. The molecule has 1 aliphatic heterocycles. The molecule has 1 amide bonds. The Morgan fingerprint density at radius 1 is 1.32 bits per heavy atom. The van der Waals surface area contributed by atoms with Gasteiger partial charge in [0.25, 0.3) is 11.5 Å². The topological polar surface area (TPSA) is 54.7 Å². The second-order valence-corrected chi connectivity index (χ2v) is 6.21. The van der Waals surface area contributed by atoms with Crippen molar-refractivity contribution in [1.29, 1.82) is 0 Å². The van der Waals surface area contributed by atoms with E-state index in [1.54, 1.807) is 18.3 Å². The van der Waals surface area contributed by atoms with Crippen molar-refractivity contribution in [3.05, 3.63) is 46.5 Å². The number of nitrogens with zero attached hydrogens (tertiary/aromatic N) is 3. The predicted octanol–water partition coefficient (Wildman–Crippen LogP) is 2.35. The highest BCUT2D eigenvalue weighted by atomic mass is 16.2. The number of carbonyl (C=O) groups is 1. The lowest BCUT2D eigenvalue weighted by Crippen LogP contribution is -2.47. The maximum atomic E-state index is 12.9. The molecule has 0 radical (unpaired) electrons. The van der Waals surface area contributed by atoms with E-state index in [4.69, 9.17) is 0 Å². The van der Waals surface area contributed by atoms with E-state index in [2.05, 4.69) is 18.8 Å². The Balaban J connectivity index is 2.01. The summed E-state index contributed by atoms with van der Waals surface area (Å²) in [5.74, 6) is 0.203. The van der Waals surface area contributed by atoms with Crippen molar-refractivity contribution in [2.75, 3.05) is 6.54 Å². The minimum absolute atomic E-state index is 0.163. The maximum absolute atomic E-state index is 12.9. The van der Waals surface area contributed by atoms with Crippen LogP contribution in [0.2, 0.25) is 0 Å². The van der Waals surface area contributed by atoms with Gasteiger partial charge in [-0.3, -0.25) is 14.0 Å². The van der Waals surface area contributed by atoms with Crippen LogP contribution in [0.25, 0.3) is 5.65 Å². The van der Waals surface area contributed by atoms with Crippen LogP contribution in [0.1, 0.15) is 43.5 Å². The number of pyridine rings is 1. The first-order valence-electron chi connectivity index (χ1n) is 7.87. The third-order valence-electron chi connectivity index (χ3n) is 4.42. The van der Waals surface area contributed by atoms with Crippen LogP contribution in [-0.4, -0.2) is 32.8 Å². The van der Waals surface area contributed by atoms with Crippen molar-refractivity contribution in [1.82, 2.24) is 14.3 Å². The van der Waals surface area contributed by atoms with Crippen LogP contribution < -0.4 is 5.56 Å². The molecule has 0 saturated carbocycles. The smallest absolute Gasteiger partial charge is 0.270 e. The van der Waals surface area contributed by atoms with Crippen LogP contribution in [0.15, 0.2) is 35.4 Å². The summed E-state index contributed by atoms with van der Waals surface area (Å²) in [6.07, 6.45) is 6.22. The number of rotatable bonds is 2. The Labute approximate surface area is 129 Å². The van der Waals surface area contributed by atoms with Crippen molar-refractivity contribution in [3.8, 4) is 0 Å². The van der Waals surface area contributed by atoms with Crippen LogP contribution in [-0.2, 0) is 0 Å². The van der Waals surface area contributed by atoms with Crippen LogP contribution >= 0.6 is 0 Å². The molecule has 0 aliphatic carbocycles. The van der Waals surface area contributed by atoms with E-state index in [9.17, 15) is 9.59 Å². The first-order valence-corrected chi connectivity index (χ1v) is 7.87. The molecule has 0 bridgehead atoms. The van der Waals surface area contributed by atoms with E-state index in [0.29, 0.717) is 11.6 Å². The molecular weight excluding hydrogens is 278 g/mol. The van der Waals surface area contributed by atoms with Crippen molar-refractivity contribution >= 4 is 11.6 Å². The molecule has 1 atom stereocenters. The number of aromatic nitrogens is 2. The highest BCUT2D eigenvalue weighted by molar-refractivity contribution is 5.94. The van der Waals surface area contributed by atoms with Gasteiger partial charge >= 0.3 is 0 Å². The van der Waals surface area contributed by atoms with Gasteiger partial charge in [0, 0.05) is 25.0 Å². The second kappa shape index (κ2) is 5.91. The molecule has 1 fully saturated rings. The molecule has 1 unspecified atom stereocenters. The average Bonchev–Trinajstić information content (AvgIpc) is 2.55. The van der Waals surface area contributed by atoms with E-state index in [1.807, 2.05) is 11.0 Å². The van der Waals surface area contributed by atoms with Gasteiger partial charge in [0.15, 0.2) is 0 Å². The molecule has 5 heteroatoms. The Morgan fingerprint density at radius 2 is 2.14 bits per heavy atom. The van der Waals surface area contributed by atoms with Crippen LogP contribution in [0.3, 0.4) is 0 Å². The molecule has 22 heavy (non-hydrogen) atoms. The number of hydrogen-bond acceptors (Lipinski definition) is 3. The fraction of sp³-hybridized carbons (Fsp3) is 0.471. The minimum Gasteiger partial charge on any atom is -0.335 e. The van der Waals surface area contributed by atoms with Gasteiger partial charge in [-0.15, -0.1) is 0 Å². The molecule has 0 spiro atoms. The summed E-state index contributed by atoms with van der Waals surface area (Å²) in [4.78, 5) is 31.5. The van der Waals surface area contributed by atoms with Gasteiger partial charge in [0.1, 0.15) is 11.2 Å². The fourth-order valence-electron chi connectivity index (χ4n) is 3.23. The molecule has 1 saturated heterocycles. The highest BCUT2D eigenvalue weighted by Crippen LogP contribution is 2.24. The lowest BCUT2D eigenvalue weighted by atomic mass is 9.92. The van der Waals surface area contributed by atoms with E-state index < -0.39 is 0 Å². The van der Waals surface area contributed by atoms with Gasteiger partial charge in [-0.05, 0) is 37.3 Å². The molecular formula is C17H21N3O2. The normalized spacial score (nSPS) is 18.9. The zero-order chi connectivity index (χ0) is 15.7. The van der Waals surface area contributed by atoms with E-state index in [0.717, 1.165) is 25.8 Å². The van der Waals surface area contributed by atoms with Crippen molar-refractivity contribution in [2.45, 2.75) is 39.2 Å². The molecule has 1 aliphatic rings. The van der Waals surface area contributed by atoms with E-state index in [1.165, 1.54) is 10.6 Å². The summed E-state index contributed by atoms with van der Waals surface area (Å²) in [7, 11) is 0. The molecule has 116 valence electrons. The number of fused-ring (bicyclic) bond motifs is 1. The van der Waals surface area contributed by atoms with Gasteiger partial charge in [0.2, 0.25) is 0 Å². The second-order valence-electron chi connectivity index (χ2n) is 6.21. The highest BCUT2D eigenvalue weighted by Gasteiger charge is 2.31. The Hall–Kier alpha value is -2.17. The third kappa shape index (κ3) is 2.51. The summed E-state index contributed by atoms with van der Waals surface area (Å²) in [6.45, 7) is 4.97. The summed E-state index contributed by atoms with van der Waals surface area (Å²) in [6, 6.07) is 5.55. The summed E-state index contributed by atoms with van der Waals surface area (Å²) in [5, 5.41) is 0. The van der Waals surface area contributed by atoms with Crippen molar-refractivity contribution in [3.63, 3.8) is 0 Å². The fourth-order valence-corrected chi connectivity index (χ4v) is 3.23. The minimum atomic E-state index is -0.288. The number of hydrogen-bond donors (Lipinski definition) is 0. The Kier molecular flexibility index (Phi) is 3.96. The molecule has 0 N–H and O–H groups in total. The van der Waals surface area contributed by atoms with E-state index >= 15 is 0 Å². The molecule has 3 rings (SSSR count). The molecule has 2 aromatic heterocycles. The van der Waals surface area contributed by atoms with Gasteiger partial charge in [-0.1, -0.05) is 19.9 Å². The first-order chi connectivity index (χ1) is 10.6. The lowest BCUT2D eigenvalue weighted by Gasteiger charge is -2.38. The van der Waals surface area contributed by atoms with Crippen molar-refractivity contribution in [2.24, 2.45) is 5.92 Å². The lowest BCUT2D eigenvalue weighted by molar-refractivity contribution is 0.0541. The van der Waals surface area contributed by atoms with Crippen LogP contribution in [0.5, 0.6) is 0 Å². The number of amides is 1. The van der Waals surface area contributed by atoms with Crippen LogP contribution in [0.4, 0.5) is 0 Å². The monoisotopic (exact) mass is 299 g/mol. The molecule has 5 nitrogen and oxygen atoms in total. The standard InChI is InChI=1S/C17H21N3O2/c1-12(2)14-7-3-5-9-19(14)16(21)13-11-18-15-8-4-6-10-20(15)17(13)22/h4,6,8,10-12,14H,3,5,7,9H2,1-2H3. The number of likely N-dealkylation sites (tertiary alicyclic amines) is 1. The largest absolute Gasteiger partial charge is 0.335 e. The van der Waals surface area contributed by atoms with Gasteiger partial charge in [-0.2, -0.15) is 0 Å². The molecule has 0 aromatic carbocycles. The third-order valence-corrected chi connectivity index (χ3v) is 4.42. The van der Waals surface area contributed by atoms with Crippen molar-refractivity contribution < 1.29 is 4.79 Å². The summed E-state index contributed by atoms with van der Waals surface area (Å²) >= 11 is 0. The quantitative estimate of drug-likeness (QED) is 0.855. The van der Waals surface area contributed by atoms with Gasteiger partial charge < -0.3 is 4.90 Å².